The normalized spacial score (nSPS) is 19.9. The van der Waals surface area contributed by atoms with Crippen LogP contribution in [-0.4, -0.2) is 31.9 Å². The molecular formula is C15H24N2O2S. The average Bonchev–Trinajstić information content (AvgIpc) is 2.47. The van der Waals surface area contributed by atoms with Crippen LogP contribution in [0.5, 0.6) is 0 Å². The quantitative estimate of drug-likeness (QED) is 0.924. The largest absolute Gasteiger partial charge is 0.328 e. The van der Waals surface area contributed by atoms with Crippen molar-refractivity contribution in [3.05, 3.63) is 29.8 Å². The van der Waals surface area contributed by atoms with E-state index in [2.05, 4.69) is 0 Å². The second-order valence-electron chi connectivity index (χ2n) is 5.56. The Kier molecular flexibility index (Phi) is 4.83. The predicted octanol–water partition coefficient (Wildman–Crippen LogP) is 2.00. The summed E-state index contributed by atoms with van der Waals surface area (Å²) >= 11 is 0. The molecule has 2 N–H and O–H groups in total. The van der Waals surface area contributed by atoms with Gasteiger partial charge in [0.1, 0.15) is 0 Å². The van der Waals surface area contributed by atoms with Crippen LogP contribution in [0.1, 0.15) is 32.3 Å². The van der Waals surface area contributed by atoms with Crippen LogP contribution >= 0.6 is 0 Å². The molecule has 0 aromatic heterocycles. The highest BCUT2D eigenvalue weighted by Crippen LogP contribution is 2.26. The van der Waals surface area contributed by atoms with Crippen LogP contribution < -0.4 is 5.73 Å². The second-order valence-corrected chi connectivity index (χ2v) is 7.47. The lowest BCUT2D eigenvalue weighted by Crippen LogP contribution is -2.42. The Morgan fingerprint density at radius 3 is 2.45 bits per heavy atom. The maximum absolute atomic E-state index is 12.7. The number of nitrogens with zero attached hydrogens (tertiary/aromatic N) is 1. The third-order valence-electron chi connectivity index (χ3n) is 4.21. The highest BCUT2D eigenvalue weighted by Gasteiger charge is 2.31. The molecule has 1 saturated heterocycles. The van der Waals surface area contributed by atoms with Gasteiger partial charge < -0.3 is 5.73 Å². The van der Waals surface area contributed by atoms with E-state index in [0.29, 0.717) is 23.9 Å². The van der Waals surface area contributed by atoms with Crippen LogP contribution in [-0.2, 0) is 16.4 Å². The van der Waals surface area contributed by atoms with E-state index in [1.165, 1.54) is 0 Å². The summed E-state index contributed by atoms with van der Waals surface area (Å²) in [6.45, 7) is 5.14. The van der Waals surface area contributed by atoms with Crippen LogP contribution in [0.15, 0.2) is 29.2 Å². The van der Waals surface area contributed by atoms with E-state index in [-0.39, 0.29) is 6.04 Å². The van der Waals surface area contributed by atoms with E-state index in [9.17, 15) is 8.42 Å². The summed E-state index contributed by atoms with van der Waals surface area (Å²) in [6.07, 6.45) is 2.43. The van der Waals surface area contributed by atoms with E-state index in [1.54, 1.807) is 16.4 Å². The molecule has 1 atom stereocenters. The van der Waals surface area contributed by atoms with Crippen molar-refractivity contribution in [2.24, 2.45) is 11.7 Å². The first kappa shape index (κ1) is 15.5. The van der Waals surface area contributed by atoms with E-state index in [4.69, 9.17) is 5.73 Å². The molecule has 5 heteroatoms. The van der Waals surface area contributed by atoms with Gasteiger partial charge >= 0.3 is 0 Å². The van der Waals surface area contributed by atoms with Gasteiger partial charge in [0.2, 0.25) is 10.0 Å². The van der Waals surface area contributed by atoms with Crippen molar-refractivity contribution in [1.29, 1.82) is 0 Å². The van der Waals surface area contributed by atoms with Crippen molar-refractivity contribution >= 4 is 10.0 Å². The Bertz CT molecular complexity index is 547. The fourth-order valence-corrected chi connectivity index (χ4v) is 4.59. The van der Waals surface area contributed by atoms with Gasteiger partial charge in [0, 0.05) is 19.1 Å². The zero-order chi connectivity index (χ0) is 14.8. The number of hydrogen-bond acceptors (Lipinski definition) is 3. The Morgan fingerprint density at radius 2 is 1.90 bits per heavy atom. The first-order valence-electron chi connectivity index (χ1n) is 7.30. The molecule has 0 radical (unpaired) electrons. The summed E-state index contributed by atoms with van der Waals surface area (Å²) in [5.41, 5.74) is 6.80. The SMILES string of the molecule is CCc1ccccc1S(=O)(=O)N1CCC(C(C)N)CC1. The minimum Gasteiger partial charge on any atom is -0.328 e. The minimum atomic E-state index is -3.36. The fourth-order valence-electron chi connectivity index (χ4n) is 2.83. The van der Waals surface area contributed by atoms with Crippen LogP contribution in [0.2, 0.25) is 0 Å². The van der Waals surface area contributed by atoms with Crippen molar-refractivity contribution < 1.29 is 8.42 Å². The molecule has 0 bridgehead atoms. The Hall–Kier alpha value is -0.910. The van der Waals surface area contributed by atoms with Crippen LogP contribution in [0, 0.1) is 5.92 Å². The van der Waals surface area contributed by atoms with Crippen molar-refractivity contribution in [3.63, 3.8) is 0 Å². The van der Waals surface area contributed by atoms with Crippen molar-refractivity contribution in [2.45, 2.75) is 44.0 Å². The molecular weight excluding hydrogens is 272 g/mol. The number of piperidine rings is 1. The third kappa shape index (κ3) is 3.05. The Labute approximate surface area is 122 Å². The lowest BCUT2D eigenvalue weighted by Gasteiger charge is -2.33. The Balaban J connectivity index is 2.20. The first-order chi connectivity index (χ1) is 9.46. The minimum absolute atomic E-state index is 0.141. The van der Waals surface area contributed by atoms with E-state index >= 15 is 0 Å². The van der Waals surface area contributed by atoms with Gasteiger partial charge in [-0.05, 0) is 43.7 Å². The molecule has 1 unspecified atom stereocenters. The van der Waals surface area contributed by atoms with Crippen molar-refractivity contribution in [2.75, 3.05) is 13.1 Å². The van der Waals surface area contributed by atoms with E-state index in [1.807, 2.05) is 26.0 Å². The number of benzene rings is 1. The van der Waals surface area contributed by atoms with E-state index < -0.39 is 10.0 Å². The maximum Gasteiger partial charge on any atom is 0.243 e. The summed E-state index contributed by atoms with van der Waals surface area (Å²) in [4.78, 5) is 0.460. The van der Waals surface area contributed by atoms with E-state index in [0.717, 1.165) is 24.8 Å². The summed E-state index contributed by atoms with van der Waals surface area (Å²) < 4.78 is 27.1. The molecule has 4 nitrogen and oxygen atoms in total. The molecule has 1 aromatic carbocycles. The molecule has 1 aliphatic heterocycles. The second kappa shape index (κ2) is 6.24. The molecule has 1 aliphatic rings. The number of rotatable bonds is 4. The topological polar surface area (TPSA) is 63.4 Å². The zero-order valence-corrected chi connectivity index (χ0v) is 13.1. The van der Waals surface area contributed by atoms with Gasteiger partial charge in [0.25, 0.3) is 0 Å². The summed E-state index contributed by atoms with van der Waals surface area (Å²) in [7, 11) is -3.36. The summed E-state index contributed by atoms with van der Waals surface area (Å²) in [5, 5.41) is 0. The van der Waals surface area contributed by atoms with Crippen molar-refractivity contribution in [3.8, 4) is 0 Å². The van der Waals surface area contributed by atoms with Gasteiger partial charge in [0.15, 0.2) is 0 Å². The van der Waals surface area contributed by atoms with Gasteiger partial charge in [-0.2, -0.15) is 4.31 Å². The molecule has 1 heterocycles. The molecule has 112 valence electrons. The van der Waals surface area contributed by atoms with Gasteiger partial charge in [-0.25, -0.2) is 8.42 Å². The lowest BCUT2D eigenvalue weighted by atomic mass is 9.92. The zero-order valence-electron chi connectivity index (χ0n) is 12.2. The molecule has 2 rings (SSSR count). The lowest BCUT2D eigenvalue weighted by molar-refractivity contribution is 0.250. The van der Waals surface area contributed by atoms with Gasteiger partial charge in [-0.15, -0.1) is 0 Å². The first-order valence-corrected chi connectivity index (χ1v) is 8.74. The molecule has 20 heavy (non-hydrogen) atoms. The Morgan fingerprint density at radius 1 is 1.30 bits per heavy atom. The molecule has 1 aromatic rings. The van der Waals surface area contributed by atoms with Gasteiger partial charge in [-0.1, -0.05) is 25.1 Å². The molecule has 0 amide bonds. The summed E-state index contributed by atoms with van der Waals surface area (Å²) in [6, 6.07) is 7.43. The molecule has 0 saturated carbocycles. The fraction of sp³-hybridized carbons (Fsp3) is 0.600. The molecule has 0 spiro atoms. The smallest absolute Gasteiger partial charge is 0.243 e. The van der Waals surface area contributed by atoms with Gasteiger partial charge in [-0.3, -0.25) is 0 Å². The van der Waals surface area contributed by atoms with Crippen LogP contribution in [0.3, 0.4) is 0 Å². The number of sulfonamides is 1. The van der Waals surface area contributed by atoms with Crippen LogP contribution in [0.25, 0.3) is 0 Å². The monoisotopic (exact) mass is 296 g/mol. The van der Waals surface area contributed by atoms with Gasteiger partial charge in [0.05, 0.1) is 4.90 Å². The number of hydrogen-bond donors (Lipinski definition) is 1. The highest BCUT2D eigenvalue weighted by atomic mass is 32.2. The molecule has 1 fully saturated rings. The maximum atomic E-state index is 12.7. The number of aryl methyl sites for hydroxylation is 1. The highest BCUT2D eigenvalue weighted by molar-refractivity contribution is 7.89. The number of nitrogens with two attached hydrogens (primary N) is 1. The van der Waals surface area contributed by atoms with Crippen LogP contribution in [0.4, 0.5) is 0 Å². The third-order valence-corrected chi connectivity index (χ3v) is 6.21. The summed E-state index contributed by atoms with van der Waals surface area (Å²) in [5.74, 6) is 0.433. The average molecular weight is 296 g/mol. The standard InChI is InChI=1S/C15H24N2O2S/c1-3-13-6-4-5-7-15(13)20(18,19)17-10-8-14(9-11-17)12(2)16/h4-7,12,14H,3,8-11,16H2,1-2H3. The van der Waals surface area contributed by atoms with Crippen molar-refractivity contribution in [1.82, 2.24) is 4.31 Å². The molecule has 0 aliphatic carbocycles. The predicted molar refractivity (Wildman–Crippen MR) is 81.0 cm³/mol.